The number of hydrogen-bond donors (Lipinski definition) is 2. The largest absolute Gasteiger partial charge is 0.394 e. The summed E-state index contributed by atoms with van der Waals surface area (Å²) < 4.78 is 32.0. The molecule has 0 aromatic carbocycles. The van der Waals surface area contributed by atoms with E-state index in [1.54, 1.807) is 14.0 Å². The molecule has 1 aliphatic rings. The van der Waals surface area contributed by atoms with Crippen LogP contribution in [0.25, 0.3) is 0 Å². The van der Waals surface area contributed by atoms with Gasteiger partial charge in [0.1, 0.15) is 10.7 Å². The highest BCUT2D eigenvalue weighted by Gasteiger charge is 2.35. The van der Waals surface area contributed by atoms with Crippen molar-refractivity contribution < 1.29 is 18.3 Å². The lowest BCUT2D eigenvalue weighted by atomic mass is 10.2. The first-order valence-electron chi connectivity index (χ1n) is 6.47. The molecule has 7 nitrogen and oxygen atoms in total. The summed E-state index contributed by atoms with van der Waals surface area (Å²) in [6.07, 6.45) is 0.749. The fourth-order valence-corrected chi connectivity index (χ4v) is 4.06. The van der Waals surface area contributed by atoms with E-state index in [2.05, 4.69) is 10.3 Å². The number of sulfonamides is 1. The summed E-state index contributed by atoms with van der Waals surface area (Å²) >= 11 is 5.99. The Hall–Kier alpha value is -0.930. The third-order valence-corrected chi connectivity index (χ3v) is 5.54. The highest BCUT2D eigenvalue weighted by molar-refractivity contribution is 7.89. The smallest absolute Gasteiger partial charge is 0.245 e. The number of anilines is 1. The summed E-state index contributed by atoms with van der Waals surface area (Å²) in [6, 6.07) is 1.05. The highest BCUT2D eigenvalue weighted by atomic mass is 35.5. The Balaban J connectivity index is 2.34. The molecule has 0 spiro atoms. The number of hydrogen-bond acceptors (Lipinski definition) is 6. The third-order valence-electron chi connectivity index (χ3n) is 3.31. The molecule has 118 valence electrons. The minimum Gasteiger partial charge on any atom is -0.394 e. The zero-order chi connectivity index (χ0) is 15.6. The molecule has 1 aromatic heterocycles. The van der Waals surface area contributed by atoms with E-state index in [4.69, 9.17) is 21.4 Å². The number of halogens is 1. The average molecular weight is 336 g/mol. The van der Waals surface area contributed by atoms with E-state index in [1.165, 1.54) is 16.6 Å². The highest BCUT2D eigenvalue weighted by Crippen LogP contribution is 2.26. The minimum atomic E-state index is -3.73. The van der Waals surface area contributed by atoms with Gasteiger partial charge in [0.15, 0.2) is 0 Å². The third kappa shape index (κ3) is 3.29. The van der Waals surface area contributed by atoms with Gasteiger partial charge in [0, 0.05) is 25.8 Å². The van der Waals surface area contributed by atoms with Crippen LogP contribution in [0.2, 0.25) is 5.02 Å². The van der Waals surface area contributed by atoms with Gasteiger partial charge in [0.05, 0.1) is 24.3 Å². The molecule has 2 atom stereocenters. The van der Waals surface area contributed by atoms with Gasteiger partial charge in [-0.25, -0.2) is 13.4 Å². The van der Waals surface area contributed by atoms with Crippen molar-refractivity contribution in [1.29, 1.82) is 0 Å². The number of aliphatic hydroxyl groups excluding tert-OH is 1. The second kappa shape index (κ2) is 6.45. The van der Waals surface area contributed by atoms with Crippen molar-refractivity contribution in [1.82, 2.24) is 9.29 Å². The van der Waals surface area contributed by atoms with Crippen LogP contribution < -0.4 is 5.32 Å². The van der Waals surface area contributed by atoms with Crippen LogP contribution in [-0.4, -0.2) is 61.8 Å². The van der Waals surface area contributed by atoms with E-state index in [-0.39, 0.29) is 35.7 Å². The van der Waals surface area contributed by atoms with Gasteiger partial charge in [-0.15, -0.1) is 0 Å². The topological polar surface area (TPSA) is 91.8 Å². The molecule has 9 heteroatoms. The summed E-state index contributed by atoms with van der Waals surface area (Å²) in [6.45, 7) is 1.87. The van der Waals surface area contributed by atoms with E-state index >= 15 is 0 Å². The van der Waals surface area contributed by atoms with Crippen molar-refractivity contribution >= 4 is 27.4 Å². The van der Waals surface area contributed by atoms with Crippen molar-refractivity contribution in [3.63, 3.8) is 0 Å². The van der Waals surface area contributed by atoms with Gasteiger partial charge in [-0.05, 0) is 13.0 Å². The summed E-state index contributed by atoms with van der Waals surface area (Å²) in [5, 5.41) is 12.2. The van der Waals surface area contributed by atoms with Gasteiger partial charge in [-0.3, -0.25) is 0 Å². The first-order valence-corrected chi connectivity index (χ1v) is 8.29. The van der Waals surface area contributed by atoms with Crippen molar-refractivity contribution in [3.8, 4) is 0 Å². The van der Waals surface area contributed by atoms with Crippen LogP contribution in [-0.2, 0) is 14.8 Å². The maximum Gasteiger partial charge on any atom is 0.245 e. The molecule has 0 saturated carbocycles. The number of nitrogens with zero attached hydrogens (tertiary/aromatic N) is 2. The number of pyridine rings is 1. The Morgan fingerprint density at radius 3 is 2.90 bits per heavy atom. The molecule has 2 N–H and O–H groups in total. The molecule has 1 saturated heterocycles. The van der Waals surface area contributed by atoms with Crippen LogP contribution in [0.15, 0.2) is 17.2 Å². The molecule has 2 rings (SSSR count). The van der Waals surface area contributed by atoms with Gasteiger partial charge < -0.3 is 15.2 Å². The van der Waals surface area contributed by atoms with Crippen LogP contribution in [0, 0.1) is 0 Å². The number of rotatable bonds is 4. The fraction of sp³-hybridized carbons (Fsp3) is 0.583. The number of aromatic nitrogens is 1. The number of morpholine rings is 1. The second-order valence-electron chi connectivity index (χ2n) is 4.81. The summed E-state index contributed by atoms with van der Waals surface area (Å²) in [5.41, 5.74) is 0. The summed E-state index contributed by atoms with van der Waals surface area (Å²) in [7, 11) is -2.08. The Morgan fingerprint density at radius 2 is 2.33 bits per heavy atom. The summed E-state index contributed by atoms with van der Waals surface area (Å²) in [5.74, 6) is 0.416. The molecule has 1 aromatic rings. The van der Waals surface area contributed by atoms with Gasteiger partial charge in [0.2, 0.25) is 10.0 Å². The average Bonchev–Trinajstić information content (AvgIpc) is 2.47. The molecule has 1 fully saturated rings. The first kappa shape index (κ1) is 16.4. The van der Waals surface area contributed by atoms with E-state index in [1.807, 2.05) is 0 Å². The SMILES string of the molecule is CNc1ncc(S(=O)(=O)N2CC(CO)OCC2C)cc1Cl. The second-order valence-corrected chi connectivity index (χ2v) is 7.11. The van der Waals surface area contributed by atoms with Crippen LogP contribution in [0.5, 0.6) is 0 Å². The molecule has 2 unspecified atom stereocenters. The lowest BCUT2D eigenvalue weighted by Gasteiger charge is -2.36. The van der Waals surface area contributed by atoms with E-state index in [0.29, 0.717) is 5.82 Å². The quantitative estimate of drug-likeness (QED) is 0.834. The predicted octanol–water partition coefficient (Wildman–Crippen LogP) is 0.547. The Bertz CT molecular complexity index is 611. The first-order chi connectivity index (χ1) is 9.90. The van der Waals surface area contributed by atoms with Gasteiger partial charge in [0.25, 0.3) is 0 Å². The monoisotopic (exact) mass is 335 g/mol. The molecule has 0 radical (unpaired) electrons. The zero-order valence-corrected chi connectivity index (χ0v) is 13.4. The number of nitrogens with one attached hydrogen (secondary N) is 1. The molecule has 21 heavy (non-hydrogen) atoms. The molecular weight excluding hydrogens is 318 g/mol. The van der Waals surface area contributed by atoms with E-state index in [0.717, 1.165) is 0 Å². The fourth-order valence-electron chi connectivity index (χ4n) is 2.12. The van der Waals surface area contributed by atoms with Crippen molar-refractivity contribution in [2.45, 2.75) is 24.0 Å². The predicted molar refractivity (Wildman–Crippen MR) is 79.0 cm³/mol. The maximum absolute atomic E-state index is 12.7. The molecular formula is C12H18ClN3O4S. The Kier molecular flexibility index (Phi) is 5.05. The van der Waals surface area contributed by atoms with Crippen LogP contribution in [0.1, 0.15) is 6.92 Å². The Labute approximate surface area is 128 Å². The molecule has 0 bridgehead atoms. The number of ether oxygens (including phenoxy) is 1. The van der Waals surface area contributed by atoms with Crippen LogP contribution in [0.3, 0.4) is 0 Å². The van der Waals surface area contributed by atoms with Gasteiger partial charge in [-0.2, -0.15) is 4.31 Å². The zero-order valence-electron chi connectivity index (χ0n) is 11.8. The lowest BCUT2D eigenvalue weighted by Crippen LogP contribution is -2.51. The molecule has 0 amide bonds. The van der Waals surface area contributed by atoms with Crippen LogP contribution in [0.4, 0.5) is 5.82 Å². The van der Waals surface area contributed by atoms with Crippen molar-refractivity contribution in [2.75, 3.05) is 32.1 Å². The van der Waals surface area contributed by atoms with E-state index in [9.17, 15) is 8.42 Å². The molecule has 0 aliphatic carbocycles. The molecule has 2 heterocycles. The minimum absolute atomic E-state index is 0.0249. The summed E-state index contributed by atoms with van der Waals surface area (Å²) in [4.78, 5) is 4.02. The van der Waals surface area contributed by atoms with Gasteiger partial charge in [-0.1, -0.05) is 11.6 Å². The van der Waals surface area contributed by atoms with Gasteiger partial charge >= 0.3 is 0 Å². The van der Waals surface area contributed by atoms with E-state index < -0.39 is 16.1 Å². The maximum atomic E-state index is 12.7. The lowest BCUT2D eigenvalue weighted by molar-refractivity contribution is -0.0516. The molecule has 1 aliphatic heterocycles. The van der Waals surface area contributed by atoms with Crippen molar-refractivity contribution in [2.24, 2.45) is 0 Å². The normalized spacial score (nSPS) is 24.0. The standard InChI is InChI=1S/C12H18ClN3O4S/c1-8-7-20-9(6-17)5-16(8)21(18,19)10-3-11(13)12(14-2)15-4-10/h3-4,8-9,17H,5-7H2,1-2H3,(H,14,15). The Morgan fingerprint density at radius 1 is 1.62 bits per heavy atom. The van der Waals surface area contributed by atoms with Crippen molar-refractivity contribution in [3.05, 3.63) is 17.3 Å². The van der Waals surface area contributed by atoms with Crippen LogP contribution >= 0.6 is 11.6 Å². The number of aliphatic hydroxyl groups is 1.